The van der Waals surface area contributed by atoms with Gasteiger partial charge in [-0.1, -0.05) is 210 Å². The number of unbranched alkanes of at least 4 members (excludes halogenated alkanes) is 29. The fourth-order valence-corrected chi connectivity index (χ4v) is 8.36. The van der Waals surface area contributed by atoms with E-state index in [4.69, 9.17) is 18.5 Å². The first-order valence-electron chi connectivity index (χ1n) is 27.4. The van der Waals surface area contributed by atoms with Crippen molar-refractivity contribution in [3.05, 3.63) is 48.6 Å². The summed E-state index contributed by atoms with van der Waals surface area (Å²) in [5.74, 6) is -0.324. The average molecular weight is 937 g/mol. The summed E-state index contributed by atoms with van der Waals surface area (Å²) in [4.78, 5) is 23.0. The first-order valence-corrected chi connectivity index (χ1v) is 28.9. The van der Waals surface area contributed by atoms with E-state index in [1.807, 2.05) is 21.1 Å². The minimum Gasteiger partial charge on any atom is -0.457 e. The maximum Gasteiger partial charge on any atom is 0.472 e. The number of nitrogens with zero attached hydrogens (tertiary/aromatic N) is 1. The second kappa shape index (κ2) is 48.9. The molecule has 0 bridgehead atoms. The molecule has 0 fully saturated rings. The van der Waals surface area contributed by atoms with E-state index in [2.05, 4.69) is 62.5 Å². The summed E-state index contributed by atoms with van der Waals surface area (Å²) in [7, 11) is 1.66. The minimum absolute atomic E-state index is 0.0852. The highest BCUT2D eigenvalue weighted by atomic mass is 31.2. The molecule has 1 N–H and O–H groups in total. The Labute approximate surface area is 403 Å². The molecule has 0 amide bonds. The monoisotopic (exact) mass is 937 g/mol. The van der Waals surface area contributed by atoms with Crippen LogP contribution in [0.1, 0.15) is 245 Å². The van der Waals surface area contributed by atoms with E-state index in [0.717, 1.165) is 57.8 Å². The number of rotatable bonds is 51. The van der Waals surface area contributed by atoms with Crippen LogP contribution in [-0.2, 0) is 27.9 Å². The fraction of sp³-hybridized carbons (Fsp3) is 0.839. The quantitative estimate of drug-likeness (QED) is 0.0214. The Morgan fingerprint density at radius 2 is 0.846 bits per heavy atom. The lowest BCUT2D eigenvalue weighted by molar-refractivity contribution is -0.870. The summed E-state index contributed by atoms with van der Waals surface area (Å²) >= 11 is 0. The number of esters is 1. The number of phosphoric ester groups is 1. The van der Waals surface area contributed by atoms with Crippen LogP contribution in [0.3, 0.4) is 0 Å². The van der Waals surface area contributed by atoms with Gasteiger partial charge in [0.25, 0.3) is 0 Å². The SMILES string of the molecule is CCCCC/C=C\C/C=C\C/C=C\CCCCCCCCC(=O)OC(COCCCCCCCCCCCCCC/C=C\CCCCCCCCCC)COP(=O)(O)OCC[N+](C)(C)C. The van der Waals surface area contributed by atoms with Crippen LogP contribution in [0.25, 0.3) is 0 Å². The largest absolute Gasteiger partial charge is 0.472 e. The van der Waals surface area contributed by atoms with Gasteiger partial charge >= 0.3 is 13.8 Å². The Morgan fingerprint density at radius 1 is 0.477 bits per heavy atom. The zero-order chi connectivity index (χ0) is 47.6. The molecule has 2 unspecified atom stereocenters. The lowest BCUT2D eigenvalue weighted by Gasteiger charge is -2.24. The number of likely N-dealkylation sites (N-methyl/N-ethyl adjacent to an activating group) is 1. The van der Waals surface area contributed by atoms with Gasteiger partial charge in [-0.15, -0.1) is 0 Å². The van der Waals surface area contributed by atoms with Crippen LogP contribution >= 0.6 is 7.82 Å². The van der Waals surface area contributed by atoms with Gasteiger partial charge in [0, 0.05) is 13.0 Å². The first-order chi connectivity index (χ1) is 31.6. The van der Waals surface area contributed by atoms with Gasteiger partial charge in [0.05, 0.1) is 34.4 Å². The summed E-state index contributed by atoms with van der Waals surface area (Å²) in [6.45, 7) is 5.61. The summed E-state index contributed by atoms with van der Waals surface area (Å²) < 4.78 is 35.2. The third-order valence-electron chi connectivity index (χ3n) is 11.9. The maximum absolute atomic E-state index is 12.8. The number of hydrogen-bond acceptors (Lipinski definition) is 6. The highest BCUT2D eigenvalue weighted by molar-refractivity contribution is 7.47. The van der Waals surface area contributed by atoms with Crippen molar-refractivity contribution in [2.75, 3.05) is 54.1 Å². The molecule has 9 heteroatoms. The second-order valence-corrected chi connectivity index (χ2v) is 21.1. The van der Waals surface area contributed by atoms with Gasteiger partial charge < -0.3 is 18.9 Å². The molecule has 382 valence electrons. The Morgan fingerprint density at radius 3 is 1.31 bits per heavy atom. The van der Waals surface area contributed by atoms with Crippen LogP contribution in [0.2, 0.25) is 0 Å². The van der Waals surface area contributed by atoms with Crippen LogP contribution in [0.4, 0.5) is 0 Å². The van der Waals surface area contributed by atoms with Crippen LogP contribution in [0, 0.1) is 0 Å². The predicted molar refractivity (Wildman–Crippen MR) is 279 cm³/mol. The van der Waals surface area contributed by atoms with Gasteiger partial charge in [-0.2, -0.15) is 0 Å². The number of carbonyl (C=O) groups excluding carboxylic acids is 1. The third kappa shape index (κ3) is 53.3. The smallest absolute Gasteiger partial charge is 0.457 e. The molecule has 0 heterocycles. The first kappa shape index (κ1) is 63.5. The van der Waals surface area contributed by atoms with E-state index in [0.29, 0.717) is 24.1 Å². The molecule has 2 atom stereocenters. The van der Waals surface area contributed by atoms with E-state index in [1.165, 1.54) is 167 Å². The van der Waals surface area contributed by atoms with E-state index >= 15 is 0 Å². The van der Waals surface area contributed by atoms with Crippen LogP contribution in [0.5, 0.6) is 0 Å². The van der Waals surface area contributed by atoms with Gasteiger partial charge in [-0.3, -0.25) is 13.8 Å². The van der Waals surface area contributed by atoms with Crippen molar-refractivity contribution >= 4 is 13.8 Å². The van der Waals surface area contributed by atoms with Gasteiger partial charge in [0.1, 0.15) is 19.3 Å². The van der Waals surface area contributed by atoms with Crippen molar-refractivity contribution in [3.63, 3.8) is 0 Å². The van der Waals surface area contributed by atoms with Crippen molar-refractivity contribution < 1.29 is 37.3 Å². The van der Waals surface area contributed by atoms with Crippen molar-refractivity contribution in [3.8, 4) is 0 Å². The minimum atomic E-state index is -4.29. The van der Waals surface area contributed by atoms with Gasteiger partial charge in [-0.05, 0) is 77.0 Å². The maximum atomic E-state index is 12.8. The summed E-state index contributed by atoms with van der Waals surface area (Å²) in [6.07, 6.45) is 61.6. The summed E-state index contributed by atoms with van der Waals surface area (Å²) in [5, 5.41) is 0. The van der Waals surface area contributed by atoms with Crippen LogP contribution in [0.15, 0.2) is 48.6 Å². The number of ether oxygens (including phenoxy) is 2. The number of phosphoric acid groups is 1. The van der Waals surface area contributed by atoms with Gasteiger partial charge in [0.15, 0.2) is 0 Å². The molecule has 0 aromatic heterocycles. The topological polar surface area (TPSA) is 91.3 Å². The molecule has 8 nitrogen and oxygen atoms in total. The highest BCUT2D eigenvalue weighted by Gasteiger charge is 2.26. The molecule has 0 aromatic rings. The van der Waals surface area contributed by atoms with Crippen LogP contribution < -0.4 is 0 Å². The summed E-state index contributed by atoms with van der Waals surface area (Å²) in [5.41, 5.74) is 0. The molecule has 0 radical (unpaired) electrons. The lowest BCUT2D eigenvalue weighted by Crippen LogP contribution is -2.37. The molecular formula is C56H107NO7P+. The molecule has 0 aliphatic heterocycles. The number of allylic oxidation sites excluding steroid dienone is 8. The van der Waals surface area contributed by atoms with E-state index < -0.39 is 13.9 Å². The number of quaternary nitrogens is 1. The zero-order valence-corrected chi connectivity index (χ0v) is 44.4. The van der Waals surface area contributed by atoms with E-state index in [-0.39, 0.29) is 25.8 Å². The van der Waals surface area contributed by atoms with Crippen molar-refractivity contribution in [2.45, 2.75) is 251 Å². The standard InChI is InChI=1S/C56H106NO7P/c1-6-8-10-12-14-16-18-20-22-24-26-27-28-29-30-32-34-36-38-40-42-44-46-48-51-61-53-55(54-63-65(59,60)62-52-50-57(3,4)5)64-56(58)49-47-45-43-41-39-37-35-33-31-25-23-21-19-17-15-13-11-9-7-2/h15,17,21,23-24,26,31,33,55H,6-14,16,18-20,22,25,27-30,32,34-54H2,1-5H3/p+1/b17-15-,23-21-,26-24-,33-31-. The van der Waals surface area contributed by atoms with Crippen molar-refractivity contribution in [1.82, 2.24) is 0 Å². The molecule has 65 heavy (non-hydrogen) atoms. The average Bonchev–Trinajstić information content (AvgIpc) is 3.27. The Hall–Kier alpha value is -1.54. The number of carbonyl (C=O) groups is 1. The van der Waals surface area contributed by atoms with Crippen LogP contribution in [-0.4, -0.2) is 75.6 Å². The predicted octanol–water partition coefficient (Wildman–Crippen LogP) is 17.1. The summed E-state index contributed by atoms with van der Waals surface area (Å²) in [6, 6.07) is 0. The molecule has 0 saturated heterocycles. The second-order valence-electron chi connectivity index (χ2n) is 19.6. The Bertz CT molecular complexity index is 1180. The van der Waals surface area contributed by atoms with E-state index in [9.17, 15) is 14.3 Å². The van der Waals surface area contributed by atoms with Crippen molar-refractivity contribution in [1.29, 1.82) is 0 Å². The Balaban J connectivity index is 4.11. The normalized spacial score (nSPS) is 13.9. The molecule has 0 aliphatic rings. The number of hydrogen-bond donors (Lipinski definition) is 1. The van der Waals surface area contributed by atoms with E-state index in [1.54, 1.807) is 0 Å². The fourth-order valence-electron chi connectivity index (χ4n) is 7.61. The molecule has 0 spiro atoms. The van der Waals surface area contributed by atoms with Crippen molar-refractivity contribution in [2.24, 2.45) is 0 Å². The molecule has 0 aromatic carbocycles. The molecular weight excluding hydrogens is 830 g/mol. The highest BCUT2D eigenvalue weighted by Crippen LogP contribution is 2.43. The van der Waals surface area contributed by atoms with Gasteiger partial charge in [0.2, 0.25) is 0 Å². The molecule has 0 rings (SSSR count). The lowest BCUT2D eigenvalue weighted by atomic mass is 10.0. The molecule has 0 aliphatic carbocycles. The van der Waals surface area contributed by atoms with Gasteiger partial charge in [-0.25, -0.2) is 4.57 Å². The molecule has 0 saturated carbocycles. The Kier molecular flexibility index (Phi) is 47.7. The zero-order valence-electron chi connectivity index (χ0n) is 43.5. The third-order valence-corrected chi connectivity index (χ3v) is 12.8.